The van der Waals surface area contributed by atoms with E-state index in [1.165, 1.54) is 51.6 Å². The lowest BCUT2D eigenvalue weighted by Crippen LogP contribution is -2.45. The molecule has 0 aromatic rings. The Hall–Kier alpha value is -0.0400. The van der Waals surface area contributed by atoms with Gasteiger partial charge in [-0.2, -0.15) is 0 Å². The lowest BCUT2D eigenvalue weighted by atomic mass is 9.78. The van der Waals surface area contributed by atoms with Crippen molar-refractivity contribution in [1.29, 1.82) is 0 Å². The van der Waals surface area contributed by atoms with Gasteiger partial charge in [-0.15, -0.1) is 0 Å². The summed E-state index contributed by atoms with van der Waals surface area (Å²) < 4.78 is 0. The van der Waals surface area contributed by atoms with Crippen LogP contribution in [-0.2, 0) is 0 Å². The highest BCUT2D eigenvalue weighted by Crippen LogP contribution is 2.44. The van der Waals surface area contributed by atoms with Gasteiger partial charge in [0.15, 0.2) is 0 Å². The first-order chi connectivity index (χ1) is 7.22. The first-order valence-corrected chi connectivity index (χ1v) is 6.96. The van der Waals surface area contributed by atoms with E-state index in [9.17, 15) is 0 Å². The molecule has 0 unspecified atom stereocenters. The molecule has 1 saturated heterocycles. The molecule has 1 heterocycles. The summed E-state index contributed by atoms with van der Waals surface area (Å²) in [7, 11) is 0. The van der Waals surface area contributed by atoms with Gasteiger partial charge in [0.25, 0.3) is 0 Å². The quantitative estimate of drug-likeness (QED) is 0.632. The molecule has 0 bridgehead atoms. The molecule has 1 spiro atoms. The summed E-state index contributed by atoms with van der Waals surface area (Å²) in [6.07, 6.45) is 8.96. The average molecular weight is 211 g/mol. The normalized spacial score (nSPS) is 25.4. The van der Waals surface area contributed by atoms with Crippen molar-refractivity contribution >= 4 is 0 Å². The van der Waals surface area contributed by atoms with Gasteiger partial charge in [0.05, 0.1) is 0 Å². The van der Waals surface area contributed by atoms with E-state index in [4.69, 9.17) is 0 Å². The van der Waals surface area contributed by atoms with Gasteiger partial charge in [0, 0.05) is 12.6 Å². The maximum atomic E-state index is 2.69. The summed E-state index contributed by atoms with van der Waals surface area (Å²) >= 11 is 0. The van der Waals surface area contributed by atoms with Crippen LogP contribution in [0.25, 0.3) is 0 Å². The van der Waals surface area contributed by atoms with E-state index in [-0.39, 0.29) is 0 Å². The van der Waals surface area contributed by atoms with Gasteiger partial charge in [-0.25, -0.2) is 0 Å². The molecular weight excluding hydrogens is 182 g/mol. The number of likely N-dealkylation sites (tertiary alicyclic amines) is 1. The second kappa shape index (κ2) is 5.89. The lowest BCUT2D eigenvalue weighted by molar-refractivity contribution is 0.0703. The summed E-state index contributed by atoms with van der Waals surface area (Å²) in [5.74, 6) is 0. The molecule has 2 aliphatic rings. The first-order valence-electron chi connectivity index (χ1n) is 6.96. The number of piperidine rings is 1. The Kier molecular flexibility index (Phi) is 5.11. The molecule has 0 atom stereocenters. The van der Waals surface area contributed by atoms with E-state index < -0.39 is 0 Å². The van der Waals surface area contributed by atoms with Gasteiger partial charge in [-0.3, -0.25) is 0 Å². The predicted octanol–water partition coefficient (Wildman–Crippen LogP) is 4.08. The largest absolute Gasteiger partial charge is 0.300 e. The highest BCUT2D eigenvalue weighted by atomic mass is 15.2. The van der Waals surface area contributed by atoms with Crippen molar-refractivity contribution in [3.05, 3.63) is 0 Å². The molecule has 1 aliphatic carbocycles. The third-order valence-corrected chi connectivity index (χ3v) is 4.09. The van der Waals surface area contributed by atoms with Crippen LogP contribution < -0.4 is 0 Å². The fourth-order valence-corrected chi connectivity index (χ4v) is 3.22. The van der Waals surface area contributed by atoms with Crippen molar-refractivity contribution in [2.24, 2.45) is 5.41 Å². The highest BCUT2D eigenvalue weighted by Gasteiger charge is 2.38. The number of rotatable bonds is 1. The van der Waals surface area contributed by atoms with Gasteiger partial charge in [0.1, 0.15) is 0 Å². The Morgan fingerprint density at radius 2 is 1.47 bits per heavy atom. The molecule has 1 aliphatic heterocycles. The molecule has 2 fully saturated rings. The zero-order chi connectivity index (χ0) is 11.3. The van der Waals surface area contributed by atoms with Crippen LogP contribution in [0, 0.1) is 5.41 Å². The third-order valence-electron chi connectivity index (χ3n) is 4.09. The van der Waals surface area contributed by atoms with Crippen molar-refractivity contribution in [1.82, 2.24) is 4.90 Å². The molecule has 1 heteroatoms. The maximum absolute atomic E-state index is 2.69. The van der Waals surface area contributed by atoms with Crippen LogP contribution in [0.5, 0.6) is 0 Å². The van der Waals surface area contributed by atoms with Crippen LogP contribution in [0.2, 0.25) is 0 Å². The van der Waals surface area contributed by atoms with Crippen molar-refractivity contribution < 1.29 is 0 Å². The molecule has 2 rings (SSSR count). The van der Waals surface area contributed by atoms with Crippen LogP contribution in [0.3, 0.4) is 0 Å². The van der Waals surface area contributed by atoms with Crippen LogP contribution in [0.15, 0.2) is 0 Å². The van der Waals surface area contributed by atoms with Crippen LogP contribution in [-0.4, -0.2) is 24.0 Å². The first kappa shape index (κ1) is 13.0. The molecule has 0 amide bonds. The van der Waals surface area contributed by atoms with Gasteiger partial charge >= 0.3 is 0 Å². The van der Waals surface area contributed by atoms with Crippen LogP contribution in [0.4, 0.5) is 0 Å². The van der Waals surface area contributed by atoms with Gasteiger partial charge in [-0.1, -0.05) is 26.7 Å². The molecule has 1 nitrogen and oxygen atoms in total. The van der Waals surface area contributed by atoms with Gasteiger partial charge < -0.3 is 4.90 Å². The fourth-order valence-electron chi connectivity index (χ4n) is 3.22. The maximum Gasteiger partial charge on any atom is 0.00407 e. The Labute approximate surface area is 96.2 Å². The summed E-state index contributed by atoms with van der Waals surface area (Å²) in [6.45, 7) is 11.4. The zero-order valence-electron chi connectivity index (χ0n) is 11.2. The monoisotopic (exact) mass is 211 g/mol. The summed E-state index contributed by atoms with van der Waals surface area (Å²) in [4.78, 5) is 2.69. The molecule has 0 N–H and O–H groups in total. The van der Waals surface area contributed by atoms with Crippen molar-refractivity contribution in [2.75, 3.05) is 13.1 Å². The standard InChI is InChI=1S/C12H23N.C2H6/c1-11(2)13-9-5-8-12(10-13)6-3-4-7-12;1-2/h11H,3-10H2,1-2H3;1-2H3. The average Bonchev–Trinajstić information content (AvgIpc) is 2.69. The predicted molar refractivity (Wildman–Crippen MR) is 68.2 cm³/mol. The Morgan fingerprint density at radius 3 is 2.00 bits per heavy atom. The van der Waals surface area contributed by atoms with Crippen molar-refractivity contribution in [3.63, 3.8) is 0 Å². The molecule has 0 radical (unpaired) electrons. The van der Waals surface area contributed by atoms with Gasteiger partial charge in [0.2, 0.25) is 0 Å². The van der Waals surface area contributed by atoms with Crippen molar-refractivity contribution in [3.8, 4) is 0 Å². The minimum absolute atomic E-state index is 0.752. The van der Waals surface area contributed by atoms with E-state index in [0.29, 0.717) is 0 Å². The minimum atomic E-state index is 0.752. The number of nitrogens with zero attached hydrogens (tertiary/aromatic N) is 1. The summed E-state index contributed by atoms with van der Waals surface area (Å²) in [5.41, 5.74) is 0.752. The molecule has 15 heavy (non-hydrogen) atoms. The summed E-state index contributed by atoms with van der Waals surface area (Å²) in [6, 6.07) is 0.762. The molecule has 0 aromatic carbocycles. The molecule has 90 valence electrons. The highest BCUT2D eigenvalue weighted by molar-refractivity contribution is 4.91. The number of hydrogen-bond donors (Lipinski definition) is 0. The Balaban J connectivity index is 0.000000531. The zero-order valence-corrected chi connectivity index (χ0v) is 11.2. The van der Waals surface area contributed by atoms with Gasteiger partial charge in [-0.05, 0) is 51.5 Å². The lowest BCUT2D eigenvalue weighted by Gasteiger charge is -2.42. The molecule has 0 aromatic heterocycles. The van der Waals surface area contributed by atoms with Crippen LogP contribution in [0.1, 0.15) is 66.2 Å². The Bertz CT molecular complexity index is 168. The van der Waals surface area contributed by atoms with E-state index in [0.717, 1.165) is 11.5 Å². The Morgan fingerprint density at radius 1 is 0.933 bits per heavy atom. The third kappa shape index (κ3) is 3.21. The topological polar surface area (TPSA) is 3.24 Å². The second-order valence-corrected chi connectivity index (χ2v) is 5.37. The number of hydrogen-bond acceptors (Lipinski definition) is 1. The SMILES string of the molecule is CC.CC(C)N1CCCC2(CCCC2)C1. The minimum Gasteiger partial charge on any atom is -0.300 e. The van der Waals surface area contributed by atoms with E-state index in [1.807, 2.05) is 13.8 Å². The van der Waals surface area contributed by atoms with Crippen LogP contribution >= 0.6 is 0 Å². The molecular formula is C14H29N. The molecule has 1 saturated carbocycles. The van der Waals surface area contributed by atoms with E-state index in [2.05, 4.69) is 18.7 Å². The van der Waals surface area contributed by atoms with Crippen molar-refractivity contribution in [2.45, 2.75) is 72.3 Å². The van der Waals surface area contributed by atoms with E-state index >= 15 is 0 Å². The fraction of sp³-hybridized carbons (Fsp3) is 1.00. The van der Waals surface area contributed by atoms with E-state index in [1.54, 1.807) is 0 Å². The smallest absolute Gasteiger partial charge is 0.00407 e. The second-order valence-electron chi connectivity index (χ2n) is 5.37. The summed E-state index contributed by atoms with van der Waals surface area (Å²) in [5, 5.41) is 0.